The number of hydrogen-bond donors (Lipinski definition) is 0. The van der Waals surface area contributed by atoms with Gasteiger partial charge in [-0.25, -0.2) is 0 Å². The highest BCUT2D eigenvalue weighted by Gasteiger charge is 2.18. The van der Waals surface area contributed by atoms with Gasteiger partial charge in [0.1, 0.15) is 12.4 Å². The normalized spacial score (nSPS) is 10.6. The Labute approximate surface area is 184 Å². The van der Waals surface area contributed by atoms with Gasteiger partial charge in [0.2, 0.25) is 0 Å². The summed E-state index contributed by atoms with van der Waals surface area (Å²) in [6.07, 6.45) is 0. The number of para-hydroxylation sites is 1. The van der Waals surface area contributed by atoms with Gasteiger partial charge in [-0.3, -0.25) is 9.36 Å². The summed E-state index contributed by atoms with van der Waals surface area (Å²) < 4.78 is 12.7. The summed E-state index contributed by atoms with van der Waals surface area (Å²) in [7, 11) is 1.63. The molecule has 0 aliphatic heterocycles. The highest BCUT2D eigenvalue weighted by atomic mass is 32.2. The Morgan fingerprint density at radius 3 is 2.42 bits per heavy atom. The third kappa shape index (κ3) is 5.13. The molecular weight excluding hydrogens is 410 g/mol. The van der Waals surface area contributed by atoms with Crippen LogP contribution in [-0.2, 0) is 16.1 Å². The number of nitrogens with zero attached hydrogens (tertiary/aromatic N) is 3. The maximum Gasteiger partial charge on any atom is 0.316 e. The molecule has 4 aromatic rings. The van der Waals surface area contributed by atoms with E-state index in [9.17, 15) is 4.79 Å². The lowest BCUT2D eigenvalue weighted by Gasteiger charge is -2.11. The first-order chi connectivity index (χ1) is 15.2. The molecule has 0 saturated carbocycles. The molecular formula is C24H21N3O3S. The molecule has 0 atom stereocenters. The van der Waals surface area contributed by atoms with Crippen LogP contribution in [0.3, 0.4) is 0 Å². The van der Waals surface area contributed by atoms with Gasteiger partial charge in [0.05, 0.1) is 12.9 Å². The highest BCUT2D eigenvalue weighted by Crippen LogP contribution is 2.29. The van der Waals surface area contributed by atoms with E-state index >= 15 is 0 Å². The number of methoxy groups -OCH3 is 1. The summed E-state index contributed by atoms with van der Waals surface area (Å²) in [6, 6.07) is 27.1. The van der Waals surface area contributed by atoms with Crippen LogP contribution >= 0.6 is 11.8 Å². The Bertz CT molecular complexity index is 1150. The monoisotopic (exact) mass is 431 g/mol. The summed E-state index contributed by atoms with van der Waals surface area (Å²) in [5.74, 6) is 1.24. The summed E-state index contributed by atoms with van der Waals surface area (Å²) in [5.41, 5.74) is 2.73. The molecule has 0 saturated heterocycles. The molecule has 0 aliphatic rings. The lowest BCUT2D eigenvalue weighted by molar-refractivity contribution is -0.141. The molecule has 0 radical (unpaired) electrons. The molecule has 1 aromatic heterocycles. The van der Waals surface area contributed by atoms with Crippen molar-refractivity contribution in [3.8, 4) is 22.8 Å². The van der Waals surface area contributed by atoms with E-state index < -0.39 is 0 Å². The van der Waals surface area contributed by atoms with Crippen LogP contribution < -0.4 is 4.74 Å². The molecule has 156 valence electrons. The Balaban J connectivity index is 1.55. The number of carbonyl (C=O) groups excluding carboxylic acids is 1. The van der Waals surface area contributed by atoms with E-state index in [0.717, 1.165) is 22.6 Å². The third-order valence-electron chi connectivity index (χ3n) is 4.54. The van der Waals surface area contributed by atoms with Crippen LogP contribution in [0.4, 0.5) is 0 Å². The number of esters is 1. The molecule has 0 N–H and O–H groups in total. The molecule has 0 fully saturated rings. The Hall–Kier alpha value is -3.58. The van der Waals surface area contributed by atoms with E-state index in [4.69, 9.17) is 9.47 Å². The summed E-state index contributed by atoms with van der Waals surface area (Å²) in [4.78, 5) is 12.3. The standard InChI is InChI=1S/C24H21N3O3S/c1-29-21-14-8-11-19(15-21)23-25-26-24(27(23)20-12-6-3-7-13-20)31-17-22(28)30-16-18-9-4-2-5-10-18/h2-15H,16-17H2,1H3. The smallest absolute Gasteiger partial charge is 0.316 e. The molecule has 6 nitrogen and oxygen atoms in total. The van der Waals surface area contributed by atoms with Gasteiger partial charge in [-0.2, -0.15) is 0 Å². The highest BCUT2D eigenvalue weighted by molar-refractivity contribution is 7.99. The van der Waals surface area contributed by atoms with Crippen LogP contribution in [0.25, 0.3) is 17.1 Å². The molecule has 0 bridgehead atoms. The van der Waals surface area contributed by atoms with Crippen molar-refractivity contribution < 1.29 is 14.3 Å². The quantitative estimate of drug-likeness (QED) is 0.296. The maximum atomic E-state index is 12.3. The zero-order valence-electron chi connectivity index (χ0n) is 17.0. The number of benzene rings is 3. The zero-order valence-corrected chi connectivity index (χ0v) is 17.8. The number of carbonyl (C=O) groups is 1. The lowest BCUT2D eigenvalue weighted by Crippen LogP contribution is -2.08. The first kappa shape index (κ1) is 20.7. The third-order valence-corrected chi connectivity index (χ3v) is 5.44. The number of hydrogen-bond acceptors (Lipinski definition) is 6. The number of ether oxygens (including phenoxy) is 2. The largest absolute Gasteiger partial charge is 0.497 e. The molecule has 1 heterocycles. The number of rotatable bonds is 8. The fourth-order valence-corrected chi connectivity index (χ4v) is 3.78. The lowest BCUT2D eigenvalue weighted by atomic mass is 10.2. The first-order valence-electron chi connectivity index (χ1n) is 9.72. The summed E-state index contributed by atoms with van der Waals surface area (Å²) in [5, 5.41) is 9.35. The Morgan fingerprint density at radius 1 is 0.935 bits per heavy atom. The van der Waals surface area contributed by atoms with Crippen molar-refractivity contribution in [3.63, 3.8) is 0 Å². The van der Waals surface area contributed by atoms with E-state index in [2.05, 4.69) is 10.2 Å². The average molecular weight is 432 g/mol. The minimum Gasteiger partial charge on any atom is -0.497 e. The van der Waals surface area contributed by atoms with Crippen LogP contribution in [0.2, 0.25) is 0 Å². The first-order valence-corrected chi connectivity index (χ1v) is 10.7. The van der Waals surface area contributed by atoms with Crippen molar-refractivity contribution in [1.29, 1.82) is 0 Å². The molecule has 7 heteroatoms. The number of aromatic nitrogens is 3. The van der Waals surface area contributed by atoms with Gasteiger partial charge in [0, 0.05) is 11.3 Å². The van der Waals surface area contributed by atoms with Crippen LogP contribution in [0, 0.1) is 0 Å². The number of thioether (sulfide) groups is 1. The predicted octanol–water partition coefficient (Wildman–Crippen LogP) is 4.78. The zero-order chi connectivity index (χ0) is 21.5. The Kier molecular flexibility index (Phi) is 6.64. The maximum absolute atomic E-state index is 12.3. The summed E-state index contributed by atoms with van der Waals surface area (Å²) >= 11 is 1.29. The second-order valence-corrected chi connectivity index (χ2v) is 7.59. The van der Waals surface area contributed by atoms with Crippen molar-refractivity contribution in [2.45, 2.75) is 11.8 Å². The molecule has 0 spiro atoms. The molecule has 4 rings (SSSR count). The van der Waals surface area contributed by atoms with Gasteiger partial charge in [-0.15, -0.1) is 10.2 Å². The van der Waals surface area contributed by atoms with Crippen LogP contribution in [-0.4, -0.2) is 33.6 Å². The molecule has 3 aromatic carbocycles. The van der Waals surface area contributed by atoms with Crippen LogP contribution in [0.5, 0.6) is 5.75 Å². The second kappa shape index (κ2) is 9.95. The van der Waals surface area contributed by atoms with Gasteiger partial charge >= 0.3 is 5.97 Å². The van der Waals surface area contributed by atoms with Crippen molar-refractivity contribution in [3.05, 3.63) is 90.5 Å². The average Bonchev–Trinajstić information content (AvgIpc) is 3.26. The SMILES string of the molecule is COc1cccc(-c2nnc(SCC(=O)OCc3ccccc3)n2-c2ccccc2)c1. The van der Waals surface area contributed by atoms with Crippen molar-refractivity contribution in [2.75, 3.05) is 12.9 Å². The van der Waals surface area contributed by atoms with E-state index in [1.807, 2.05) is 89.5 Å². The topological polar surface area (TPSA) is 66.2 Å². The van der Waals surface area contributed by atoms with Gasteiger partial charge in [0.25, 0.3) is 0 Å². The molecule has 0 aliphatic carbocycles. The van der Waals surface area contributed by atoms with E-state index in [1.54, 1.807) is 7.11 Å². The molecule has 0 amide bonds. The van der Waals surface area contributed by atoms with Gasteiger partial charge in [-0.05, 0) is 29.8 Å². The van der Waals surface area contributed by atoms with Gasteiger partial charge < -0.3 is 9.47 Å². The molecule has 0 unspecified atom stereocenters. The van der Waals surface area contributed by atoms with Gasteiger partial charge in [-0.1, -0.05) is 72.4 Å². The minimum atomic E-state index is -0.306. The second-order valence-electron chi connectivity index (χ2n) is 6.64. The molecule has 31 heavy (non-hydrogen) atoms. The summed E-state index contributed by atoms with van der Waals surface area (Å²) in [6.45, 7) is 0.251. The van der Waals surface area contributed by atoms with Gasteiger partial charge in [0.15, 0.2) is 11.0 Å². The van der Waals surface area contributed by atoms with Crippen molar-refractivity contribution in [2.24, 2.45) is 0 Å². The van der Waals surface area contributed by atoms with E-state index in [1.165, 1.54) is 11.8 Å². The minimum absolute atomic E-state index is 0.135. The fraction of sp³-hybridized carbons (Fsp3) is 0.125. The van der Waals surface area contributed by atoms with Crippen molar-refractivity contribution >= 4 is 17.7 Å². The van der Waals surface area contributed by atoms with Crippen LogP contribution in [0.15, 0.2) is 90.1 Å². The van der Waals surface area contributed by atoms with Crippen LogP contribution in [0.1, 0.15) is 5.56 Å². The Morgan fingerprint density at radius 2 is 1.68 bits per heavy atom. The predicted molar refractivity (Wildman–Crippen MR) is 120 cm³/mol. The van der Waals surface area contributed by atoms with E-state index in [0.29, 0.717) is 11.0 Å². The van der Waals surface area contributed by atoms with Crippen molar-refractivity contribution in [1.82, 2.24) is 14.8 Å². The van der Waals surface area contributed by atoms with E-state index in [-0.39, 0.29) is 18.3 Å². The fourth-order valence-electron chi connectivity index (χ4n) is 3.03.